The van der Waals surface area contributed by atoms with Crippen molar-refractivity contribution in [3.8, 4) is 5.75 Å². The second-order valence-corrected chi connectivity index (χ2v) is 10.0. The Hall–Kier alpha value is -2.91. The maximum atomic E-state index is 13.3. The van der Waals surface area contributed by atoms with Gasteiger partial charge in [-0.2, -0.15) is 4.31 Å². The van der Waals surface area contributed by atoms with Crippen molar-refractivity contribution in [1.82, 2.24) is 9.62 Å². The number of hydrogen-bond acceptors (Lipinski definition) is 6. The molecule has 1 atom stereocenters. The van der Waals surface area contributed by atoms with Crippen LogP contribution in [0.5, 0.6) is 5.75 Å². The lowest BCUT2D eigenvalue weighted by molar-refractivity contribution is -0.124. The maximum absolute atomic E-state index is 13.3. The molecule has 1 heterocycles. The van der Waals surface area contributed by atoms with E-state index >= 15 is 0 Å². The number of benzene rings is 2. The molecule has 0 aromatic heterocycles. The Bertz CT molecular complexity index is 1100. The molecule has 0 radical (unpaired) electrons. The zero-order valence-corrected chi connectivity index (χ0v) is 20.0. The van der Waals surface area contributed by atoms with E-state index in [9.17, 15) is 18.0 Å². The summed E-state index contributed by atoms with van der Waals surface area (Å²) in [5.41, 5.74) is 2.08. The number of esters is 1. The van der Waals surface area contributed by atoms with Crippen molar-refractivity contribution in [3.05, 3.63) is 59.2 Å². The van der Waals surface area contributed by atoms with Crippen LogP contribution in [0.2, 0.25) is 0 Å². The van der Waals surface area contributed by atoms with Crippen molar-refractivity contribution in [2.75, 3.05) is 20.3 Å². The number of nitrogens with zero attached hydrogens (tertiary/aromatic N) is 1. The van der Waals surface area contributed by atoms with E-state index in [2.05, 4.69) is 5.32 Å². The van der Waals surface area contributed by atoms with E-state index in [1.807, 2.05) is 38.1 Å². The quantitative estimate of drug-likeness (QED) is 0.590. The van der Waals surface area contributed by atoms with Crippen LogP contribution in [0.4, 0.5) is 0 Å². The van der Waals surface area contributed by atoms with Crippen LogP contribution in [0.25, 0.3) is 0 Å². The Morgan fingerprint density at radius 3 is 2.52 bits per heavy atom. The molecule has 1 N–H and O–H groups in total. The van der Waals surface area contributed by atoms with Crippen LogP contribution in [0.1, 0.15) is 47.7 Å². The smallest absolute Gasteiger partial charge is 0.338 e. The fraction of sp³-hybridized carbons (Fsp3) is 0.417. The zero-order valence-electron chi connectivity index (χ0n) is 19.2. The van der Waals surface area contributed by atoms with E-state index in [-0.39, 0.29) is 22.3 Å². The average Bonchev–Trinajstić information content (AvgIpc) is 2.81. The van der Waals surface area contributed by atoms with Crippen LogP contribution in [0.15, 0.2) is 47.4 Å². The highest BCUT2D eigenvalue weighted by Gasteiger charge is 2.33. The van der Waals surface area contributed by atoms with Gasteiger partial charge in [-0.15, -0.1) is 0 Å². The van der Waals surface area contributed by atoms with E-state index in [0.29, 0.717) is 13.1 Å². The molecular weight excluding hydrogens is 444 g/mol. The van der Waals surface area contributed by atoms with Gasteiger partial charge in [0.15, 0.2) is 6.61 Å². The molecule has 1 aliphatic rings. The molecule has 0 spiro atoms. The molecule has 1 amide bonds. The van der Waals surface area contributed by atoms with Crippen LogP contribution < -0.4 is 10.1 Å². The predicted octanol–water partition coefficient (Wildman–Crippen LogP) is 3.04. The third-order valence-electron chi connectivity index (χ3n) is 5.67. The van der Waals surface area contributed by atoms with Gasteiger partial charge in [-0.25, -0.2) is 13.2 Å². The number of nitrogens with one attached hydrogen (secondary N) is 1. The van der Waals surface area contributed by atoms with E-state index in [0.717, 1.165) is 30.4 Å². The molecule has 2 aromatic carbocycles. The van der Waals surface area contributed by atoms with Crippen LogP contribution >= 0.6 is 0 Å². The van der Waals surface area contributed by atoms with Crippen molar-refractivity contribution in [3.63, 3.8) is 0 Å². The number of ether oxygens (including phenoxy) is 2. The molecule has 0 bridgehead atoms. The molecule has 1 saturated heterocycles. The molecule has 1 aliphatic heterocycles. The highest BCUT2D eigenvalue weighted by molar-refractivity contribution is 7.89. The first kappa shape index (κ1) is 24.7. The van der Waals surface area contributed by atoms with E-state index in [1.54, 1.807) is 0 Å². The number of sulfonamides is 1. The van der Waals surface area contributed by atoms with Crippen LogP contribution in [-0.2, 0) is 26.1 Å². The Kier molecular flexibility index (Phi) is 8.10. The van der Waals surface area contributed by atoms with Crippen LogP contribution in [0, 0.1) is 6.92 Å². The van der Waals surface area contributed by atoms with Gasteiger partial charge in [0, 0.05) is 19.1 Å². The Morgan fingerprint density at radius 1 is 1.12 bits per heavy atom. The summed E-state index contributed by atoms with van der Waals surface area (Å²) in [5.74, 6) is -1.08. The van der Waals surface area contributed by atoms with E-state index in [1.165, 1.54) is 29.6 Å². The topological polar surface area (TPSA) is 102 Å². The summed E-state index contributed by atoms with van der Waals surface area (Å²) < 4.78 is 38.4. The highest BCUT2D eigenvalue weighted by atomic mass is 32.2. The normalized spacial score (nSPS) is 16.8. The minimum Gasteiger partial charge on any atom is -0.495 e. The molecule has 178 valence electrons. The third kappa shape index (κ3) is 6.11. The Balaban J connectivity index is 1.67. The minimum absolute atomic E-state index is 0.0328. The lowest BCUT2D eigenvalue weighted by Crippen LogP contribution is -2.42. The standard InChI is InChI=1S/C24H30N2O6S/c1-17-7-9-19(10-8-17)15-25-23(27)16-32-24(28)20-11-12-21(31-3)22(14-20)33(29,30)26-13-5-4-6-18(26)2/h7-12,14,18H,4-6,13,15-16H2,1-3H3,(H,25,27)/t18-/m0/s1. The minimum atomic E-state index is -3.86. The number of aryl methyl sites for hydroxylation is 1. The molecule has 0 unspecified atom stereocenters. The van der Waals surface area contributed by atoms with Crippen molar-refractivity contribution < 1.29 is 27.5 Å². The second-order valence-electron chi connectivity index (χ2n) is 8.16. The van der Waals surface area contributed by atoms with Gasteiger partial charge in [-0.1, -0.05) is 36.2 Å². The molecular formula is C24H30N2O6S. The van der Waals surface area contributed by atoms with Crippen molar-refractivity contribution in [1.29, 1.82) is 0 Å². The molecule has 1 fully saturated rings. The van der Waals surface area contributed by atoms with Gasteiger partial charge in [0.1, 0.15) is 10.6 Å². The summed E-state index contributed by atoms with van der Waals surface area (Å²) in [5, 5.41) is 2.69. The van der Waals surface area contributed by atoms with Crippen molar-refractivity contribution in [2.24, 2.45) is 0 Å². The lowest BCUT2D eigenvalue weighted by atomic mass is 10.1. The summed E-state index contributed by atoms with van der Waals surface area (Å²) in [6.45, 7) is 4.11. The first-order valence-corrected chi connectivity index (χ1v) is 12.4. The Morgan fingerprint density at radius 2 is 1.85 bits per heavy atom. The number of rotatable bonds is 8. The summed E-state index contributed by atoms with van der Waals surface area (Å²) in [6.07, 6.45) is 2.54. The van der Waals surface area contributed by atoms with Gasteiger partial charge in [0.25, 0.3) is 5.91 Å². The molecule has 3 rings (SSSR count). The van der Waals surface area contributed by atoms with Gasteiger partial charge in [0.2, 0.25) is 10.0 Å². The largest absolute Gasteiger partial charge is 0.495 e. The second kappa shape index (κ2) is 10.8. The maximum Gasteiger partial charge on any atom is 0.338 e. The molecule has 9 heteroatoms. The number of methoxy groups -OCH3 is 1. The van der Waals surface area contributed by atoms with Crippen molar-refractivity contribution >= 4 is 21.9 Å². The van der Waals surface area contributed by atoms with Crippen molar-refractivity contribution in [2.45, 2.75) is 50.6 Å². The fourth-order valence-corrected chi connectivity index (χ4v) is 5.62. The summed E-state index contributed by atoms with van der Waals surface area (Å²) in [6, 6.07) is 11.7. The van der Waals surface area contributed by atoms with Crippen LogP contribution in [-0.4, -0.2) is 50.9 Å². The third-order valence-corrected chi connectivity index (χ3v) is 7.71. The van der Waals surface area contributed by atoms with Gasteiger partial charge >= 0.3 is 5.97 Å². The molecule has 0 saturated carbocycles. The lowest BCUT2D eigenvalue weighted by Gasteiger charge is -2.32. The predicted molar refractivity (Wildman–Crippen MR) is 124 cm³/mol. The summed E-state index contributed by atoms with van der Waals surface area (Å²) >= 11 is 0. The first-order chi connectivity index (χ1) is 15.7. The average molecular weight is 475 g/mol. The van der Waals surface area contributed by atoms with Crippen LogP contribution in [0.3, 0.4) is 0 Å². The number of amides is 1. The van der Waals surface area contributed by atoms with Gasteiger partial charge < -0.3 is 14.8 Å². The summed E-state index contributed by atoms with van der Waals surface area (Å²) in [4.78, 5) is 24.5. The molecule has 2 aromatic rings. The van der Waals surface area contributed by atoms with E-state index in [4.69, 9.17) is 9.47 Å². The Labute approximate surface area is 194 Å². The van der Waals surface area contributed by atoms with E-state index < -0.39 is 28.5 Å². The zero-order chi connectivity index (χ0) is 24.0. The highest BCUT2D eigenvalue weighted by Crippen LogP contribution is 2.31. The SMILES string of the molecule is COc1ccc(C(=O)OCC(=O)NCc2ccc(C)cc2)cc1S(=O)(=O)N1CCCC[C@@H]1C. The van der Waals surface area contributed by atoms with Gasteiger partial charge in [-0.3, -0.25) is 4.79 Å². The number of carbonyl (C=O) groups excluding carboxylic acids is 2. The number of piperidine rings is 1. The number of hydrogen-bond donors (Lipinski definition) is 1. The fourth-order valence-electron chi connectivity index (χ4n) is 3.73. The van der Waals surface area contributed by atoms with Gasteiger partial charge in [0.05, 0.1) is 12.7 Å². The summed E-state index contributed by atoms with van der Waals surface area (Å²) in [7, 11) is -2.48. The van der Waals surface area contributed by atoms with Gasteiger partial charge in [-0.05, 0) is 50.5 Å². The first-order valence-electron chi connectivity index (χ1n) is 10.9. The molecule has 33 heavy (non-hydrogen) atoms. The monoisotopic (exact) mass is 474 g/mol. The molecule has 8 nitrogen and oxygen atoms in total. The molecule has 0 aliphatic carbocycles. The number of carbonyl (C=O) groups is 2.